The van der Waals surface area contributed by atoms with Gasteiger partial charge in [0, 0.05) is 6.04 Å². The quantitative estimate of drug-likeness (QED) is 0.789. The van der Waals surface area contributed by atoms with Gasteiger partial charge in [-0.15, -0.1) is 0 Å². The van der Waals surface area contributed by atoms with Gasteiger partial charge in [-0.2, -0.15) is 0 Å². The highest BCUT2D eigenvalue weighted by Crippen LogP contribution is 2.57. The van der Waals surface area contributed by atoms with Crippen molar-refractivity contribution in [1.82, 2.24) is 5.32 Å². The molecular weight excluding hydrogens is 242 g/mol. The number of hydrogen-bond acceptors (Lipinski definition) is 1. The maximum atomic E-state index is 3.90. The molecule has 5 rings (SSSR count). The van der Waals surface area contributed by atoms with E-state index in [1.165, 1.54) is 38.6 Å². The lowest BCUT2D eigenvalue weighted by Crippen LogP contribution is -2.46. The third-order valence-electron chi connectivity index (χ3n) is 7.35. The first-order valence-electron chi connectivity index (χ1n) is 9.51. The summed E-state index contributed by atoms with van der Waals surface area (Å²) in [6.07, 6.45) is 15.2. The Morgan fingerprint density at radius 3 is 2.00 bits per heavy atom. The second kappa shape index (κ2) is 5.63. The molecule has 0 aromatic heterocycles. The summed E-state index contributed by atoms with van der Waals surface area (Å²) >= 11 is 0. The molecule has 0 unspecified atom stereocenters. The third kappa shape index (κ3) is 2.67. The zero-order valence-electron chi connectivity index (χ0n) is 13.3. The maximum absolute atomic E-state index is 3.90. The van der Waals surface area contributed by atoms with Crippen molar-refractivity contribution in [3.8, 4) is 0 Å². The average molecular weight is 275 g/mol. The zero-order valence-corrected chi connectivity index (χ0v) is 13.3. The van der Waals surface area contributed by atoms with Crippen LogP contribution in [0.3, 0.4) is 0 Å². The molecule has 1 N–H and O–H groups in total. The third-order valence-corrected chi connectivity index (χ3v) is 7.35. The fourth-order valence-corrected chi connectivity index (χ4v) is 6.43. The van der Waals surface area contributed by atoms with Crippen LogP contribution in [0.25, 0.3) is 0 Å². The summed E-state index contributed by atoms with van der Waals surface area (Å²) in [7, 11) is 0. The van der Waals surface area contributed by atoms with Crippen molar-refractivity contribution < 1.29 is 0 Å². The summed E-state index contributed by atoms with van der Waals surface area (Å²) in [5.74, 6) is 6.61. The van der Waals surface area contributed by atoms with Gasteiger partial charge < -0.3 is 5.32 Å². The lowest BCUT2D eigenvalue weighted by Gasteiger charge is -2.54. The standard InChI is InChI=1S/C19H33N/c1-13-2-4-18(5-3-13)20-7-6-19-16-9-14-8-15(11-16)12-17(19)10-14/h13-20H,2-12H2,1H3. The lowest BCUT2D eigenvalue weighted by molar-refractivity contribution is -0.0396. The molecular formula is C19H33N. The van der Waals surface area contributed by atoms with Gasteiger partial charge in [-0.3, -0.25) is 0 Å². The molecule has 20 heavy (non-hydrogen) atoms. The van der Waals surface area contributed by atoms with Gasteiger partial charge in [-0.1, -0.05) is 6.92 Å². The Bertz CT molecular complexity index is 301. The van der Waals surface area contributed by atoms with E-state index >= 15 is 0 Å². The minimum Gasteiger partial charge on any atom is -0.314 e. The van der Waals surface area contributed by atoms with Gasteiger partial charge in [-0.05, 0) is 106 Å². The molecule has 1 nitrogen and oxygen atoms in total. The van der Waals surface area contributed by atoms with Gasteiger partial charge in [0.2, 0.25) is 0 Å². The van der Waals surface area contributed by atoms with E-state index in [-0.39, 0.29) is 0 Å². The van der Waals surface area contributed by atoms with Gasteiger partial charge in [0.15, 0.2) is 0 Å². The van der Waals surface area contributed by atoms with E-state index in [9.17, 15) is 0 Å². The lowest BCUT2D eigenvalue weighted by atomic mass is 9.51. The van der Waals surface area contributed by atoms with Crippen molar-refractivity contribution in [3.63, 3.8) is 0 Å². The molecule has 0 spiro atoms. The highest BCUT2D eigenvalue weighted by Gasteiger charge is 2.47. The molecule has 5 aliphatic rings. The molecule has 0 heterocycles. The van der Waals surface area contributed by atoms with Crippen molar-refractivity contribution >= 4 is 0 Å². The minimum absolute atomic E-state index is 0.850. The number of rotatable bonds is 4. The maximum Gasteiger partial charge on any atom is 0.00672 e. The molecule has 1 heteroatoms. The molecule has 0 saturated heterocycles. The summed E-state index contributed by atoms with van der Waals surface area (Å²) in [6, 6.07) is 0.850. The Morgan fingerprint density at radius 2 is 1.40 bits per heavy atom. The molecule has 4 bridgehead atoms. The fraction of sp³-hybridized carbons (Fsp3) is 1.00. The Morgan fingerprint density at radius 1 is 0.800 bits per heavy atom. The largest absolute Gasteiger partial charge is 0.314 e. The van der Waals surface area contributed by atoms with Crippen LogP contribution in [0.5, 0.6) is 0 Å². The fourth-order valence-electron chi connectivity index (χ4n) is 6.43. The van der Waals surface area contributed by atoms with E-state index in [2.05, 4.69) is 12.2 Å². The molecule has 0 atom stereocenters. The van der Waals surface area contributed by atoms with Gasteiger partial charge in [0.1, 0.15) is 0 Å². The molecule has 0 radical (unpaired) electrons. The number of hydrogen-bond donors (Lipinski definition) is 1. The highest BCUT2D eigenvalue weighted by molar-refractivity contribution is 4.98. The first kappa shape index (κ1) is 13.6. The van der Waals surface area contributed by atoms with Crippen LogP contribution in [0.15, 0.2) is 0 Å². The smallest absolute Gasteiger partial charge is 0.00672 e. The Balaban J connectivity index is 1.24. The molecule has 114 valence electrons. The van der Waals surface area contributed by atoms with Crippen LogP contribution < -0.4 is 5.32 Å². The minimum atomic E-state index is 0.850. The van der Waals surface area contributed by atoms with Crippen molar-refractivity contribution in [2.45, 2.75) is 77.2 Å². The monoisotopic (exact) mass is 275 g/mol. The van der Waals surface area contributed by atoms with Crippen LogP contribution in [-0.2, 0) is 0 Å². The van der Waals surface area contributed by atoms with Crippen LogP contribution in [0.1, 0.15) is 71.1 Å². The summed E-state index contributed by atoms with van der Waals surface area (Å²) in [6.45, 7) is 3.73. The predicted molar refractivity (Wildman–Crippen MR) is 84.6 cm³/mol. The van der Waals surface area contributed by atoms with E-state index in [4.69, 9.17) is 0 Å². The van der Waals surface area contributed by atoms with Crippen LogP contribution >= 0.6 is 0 Å². The van der Waals surface area contributed by atoms with Crippen molar-refractivity contribution in [2.24, 2.45) is 35.5 Å². The van der Waals surface area contributed by atoms with Gasteiger partial charge in [-0.25, -0.2) is 0 Å². The van der Waals surface area contributed by atoms with Crippen molar-refractivity contribution in [2.75, 3.05) is 6.54 Å². The summed E-state index contributed by atoms with van der Waals surface area (Å²) < 4.78 is 0. The normalized spacial score (nSPS) is 50.5. The SMILES string of the molecule is CC1CCC(NCCC2C3CC4CC(C3)CC2C4)CC1. The molecule has 5 fully saturated rings. The van der Waals surface area contributed by atoms with Crippen molar-refractivity contribution in [3.05, 3.63) is 0 Å². The topological polar surface area (TPSA) is 12.0 Å². The molecule has 0 aliphatic heterocycles. The van der Waals surface area contributed by atoms with Crippen LogP contribution in [-0.4, -0.2) is 12.6 Å². The molecule has 0 aromatic rings. The first-order valence-corrected chi connectivity index (χ1v) is 9.51. The average Bonchev–Trinajstić information content (AvgIpc) is 2.43. The van der Waals surface area contributed by atoms with E-state index < -0.39 is 0 Å². The predicted octanol–water partition coefficient (Wildman–Crippen LogP) is 4.62. The molecule has 5 saturated carbocycles. The number of nitrogens with one attached hydrogen (secondary N) is 1. The second-order valence-electron chi connectivity index (χ2n) is 8.79. The highest BCUT2D eigenvalue weighted by atomic mass is 14.9. The Hall–Kier alpha value is -0.0400. The van der Waals surface area contributed by atoms with Crippen LogP contribution in [0, 0.1) is 35.5 Å². The summed E-state index contributed by atoms with van der Waals surface area (Å²) in [5.41, 5.74) is 0. The first-order chi connectivity index (χ1) is 9.78. The Labute approximate surface area is 125 Å². The Kier molecular flexibility index (Phi) is 3.83. The molecule has 5 aliphatic carbocycles. The molecule has 0 amide bonds. The molecule has 0 aromatic carbocycles. The second-order valence-corrected chi connectivity index (χ2v) is 8.79. The van der Waals surface area contributed by atoms with E-state index in [0.717, 1.165) is 41.5 Å². The summed E-state index contributed by atoms with van der Waals surface area (Å²) in [4.78, 5) is 0. The van der Waals surface area contributed by atoms with Gasteiger partial charge in [0.25, 0.3) is 0 Å². The van der Waals surface area contributed by atoms with E-state index in [1.54, 1.807) is 32.1 Å². The van der Waals surface area contributed by atoms with E-state index in [1.807, 2.05) is 0 Å². The zero-order chi connectivity index (χ0) is 13.5. The van der Waals surface area contributed by atoms with Crippen molar-refractivity contribution in [1.29, 1.82) is 0 Å². The van der Waals surface area contributed by atoms with E-state index in [0.29, 0.717) is 0 Å². The van der Waals surface area contributed by atoms with Crippen LogP contribution in [0.4, 0.5) is 0 Å². The van der Waals surface area contributed by atoms with Gasteiger partial charge in [0.05, 0.1) is 0 Å². The van der Waals surface area contributed by atoms with Gasteiger partial charge >= 0.3 is 0 Å². The summed E-state index contributed by atoms with van der Waals surface area (Å²) in [5, 5.41) is 3.90. The van der Waals surface area contributed by atoms with Crippen LogP contribution in [0.2, 0.25) is 0 Å².